The zero-order chi connectivity index (χ0) is 12.8. The Morgan fingerprint density at radius 1 is 0.824 bits per heavy atom. The Hall–Kier alpha value is -0.780. The van der Waals surface area contributed by atoms with Crippen molar-refractivity contribution in [2.45, 2.75) is 71.6 Å². The van der Waals surface area contributed by atoms with Crippen molar-refractivity contribution < 1.29 is 0 Å². The monoisotopic (exact) mass is 234 g/mol. The zero-order valence-electron chi connectivity index (χ0n) is 11.9. The van der Waals surface area contributed by atoms with Gasteiger partial charge < -0.3 is 0 Å². The molecule has 0 atom stereocenters. The van der Waals surface area contributed by atoms with Gasteiger partial charge in [-0.25, -0.2) is 0 Å². The van der Waals surface area contributed by atoms with E-state index >= 15 is 0 Å². The second-order valence-electron chi connectivity index (χ2n) is 4.88. The molecule has 0 heteroatoms. The topological polar surface area (TPSA) is 0 Å². The van der Waals surface area contributed by atoms with Gasteiger partial charge >= 0.3 is 0 Å². The van der Waals surface area contributed by atoms with E-state index in [9.17, 15) is 0 Å². The first kappa shape index (κ1) is 16.2. The Bertz CT molecular complexity index is 220. The molecule has 0 heterocycles. The molecule has 0 aliphatic carbocycles. The van der Waals surface area contributed by atoms with Crippen LogP contribution in [0.15, 0.2) is 36.5 Å². The quantitative estimate of drug-likeness (QED) is 0.295. The first-order valence-electron chi connectivity index (χ1n) is 7.21. The number of hydrogen-bond donors (Lipinski definition) is 0. The SMILES string of the molecule is C=C(C)CC=CCCC=CCCCCCCC. The molecule has 0 aromatic heterocycles. The van der Waals surface area contributed by atoms with Crippen LogP contribution in [0.3, 0.4) is 0 Å². The molecule has 0 unspecified atom stereocenters. The molecular formula is C17H30. The molecule has 0 saturated carbocycles. The molecule has 0 aromatic carbocycles. The fourth-order valence-corrected chi connectivity index (χ4v) is 1.70. The summed E-state index contributed by atoms with van der Waals surface area (Å²) < 4.78 is 0. The van der Waals surface area contributed by atoms with E-state index in [1.54, 1.807) is 0 Å². The molecule has 0 fully saturated rings. The Morgan fingerprint density at radius 3 is 2.06 bits per heavy atom. The summed E-state index contributed by atoms with van der Waals surface area (Å²) in [6, 6.07) is 0. The maximum absolute atomic E-state index is 3.88. The highest BCUT2D eigenvalue weighted by Crippen LogP contribution is 2.06. The largest absolute Gasteiger partial charge is 0.0998 e. The molecule has 0 aliphatic heterocycles. The first-order chi connectivity index (χ1) is 8.27. The summed E-state index contributed by atoms with van der Waals surface area (Å²) in [5.74, 6) is 0. The van der Waals surface area contributed by atoms with Crippen molar-refractivity contribution in [3.63, 3.8) is 0 Å². The van der Waals surface area contributed by atoms with Crippen molar-refractivity contribution in [2.75, 3.05) is 0 Å². The van der Waals surface area contributed by atoms with Crippen LogP contribution in [0.1, 0.15) is 71.6 Å². The Kier molecular flexibility index (Phi) is 12.7. The van der Waals surface area contributed by atoms with Crippen LogP contribution >= 0.6 is 0 Å². The number of unbranched alkanes of at least 4 members (excludes halogenated alkanes) is 6. The molecule has 0 nitrogen and oxygen atoms in total. The van der Waals surface area contributed by atoms with Crippen LogP contribution in [0.25, 0.3) is 0 Å². The first-order valence-corrected chi connectivity index (χ1v) is 7.21. The van der Waals surface area contributed by atoms with Crippen LogP contribution in [0.5, 0.6) is 0 Å². The van der Waals surface area contributed by atoms with Gasteiger partial charge in [0, 0.05) is 0 Å². The number of rotatable bonds is 11. The predicted octanol–water partition coefficient (Wildman–Crippen LogP) is 6.21. The van der Waals surface area contributed by atoms with E-state index < -0.39 is 0 Å². The van der Waals surface area contributed by atoms with Crippen molar-refractivity contribution in [1.82, 2.24) is 0 Å². The summed E-state index contributed by atoms with van der Waals surface area (Å²) >= 11 is 0. The highest BCUT2D eigenvalue weighted by molar-refractivity contribution is 4.99. The highest BCUT2D eigenvalue weighted by atomic mass is 13.9. The lowest BCUT2D eigenvalue weighted by atomic mass is 10.1. The summed E-state index contributed by atoms with van der Waals surface area (Å²) in [6.45, 7) is 8.22. The average molecular weight is 234 g/mol. The average Bonchev–Trinajstić information content (AvgIpc) is 2.30. The molecule has 0 radical (unpaired) electrons. The van der Waals surface area contributed by atoms with Crippen LogP contribution in [0.4, 0.5) is 0 Å². The number of allylic oxidation sites excluding steroid dienone is 5. The molecular weight excluding hydrogens is 204 g/mol. The van der Waals surface area contributed by atoms with Crippen LogP contribution in [-0.4, -0.2) is 0 Å². The second-order valence-corrected chi connectivity index (χ2v) is 4.88. The summed E-state index contributed by atoms with van der Waals surface area (Å²) in [4.78, 5) is 0. The van der Waals surface area contributed by atoms with Crippen molar-refractivity contribution in [3.8, 4) is 0 Å². The van der Waals surface area contributed by atoms with Gasteiger partial charge in [-0.05, 0) is 39.0 Å². The Morgan fingerprint density at radius 2 is 1.41 bits per heavy atom. The van der Waals surface area contributed by atoms with E-state index in [0.29, 0.717) is 0 Å². The molecule has 0 spiro atoms. The third-order valence-corrected chi connectivity index (χ3v) is 2.77. The third kappa shape index (κ3) is 15.2. The van der Waals surface area contributed by atoms with Gasteiger partial charge in [-0.1, -0.05) is 69.1 Å². The van der Waals surface area contributed by atoms with Gasteiger partial charge in [0.2, 0.25) is 0 Å². The van der Waals surface area contributed by atoms with Crippen LogP contribution in [-0.2, 0) is 0 Å². The van der Waals surface area contributed by atoms with E-state index in [-0.39, 0.29) is 0 Å². The predicted molar refractivity (Wildman–Crippen MR) is 80.3 cm³/mol. The molecule has 0 rings (SSSR count). The molecule has 17 heavy (non-hydrogen) atoms. The summed E-state index contributed by atoms with van der Waals surface area (Å²) in [5.41, 5.74) is 1.24. The smallest absolute Gasteiger partial charge is 0.0144 e. The molecule has 0 aliphatic rings. The highest BCUT2D eigenvalue weighted by Gasteiger charge is 1.86. The molecule has 0 amide bonds. The van der Waals surface area contributed by atoms with Crippen molar-refractivity contribution in [1.29, 1.82) is 0 Å². The third-order valence-electron chi connectivity index (χ3n) is 2.77. The maximum Gasteiger partial charge on any atom is -0.0144 e. The standard InChI is InChI=1S/C17H30/c1-4-5-6-7-8-9-10-11-12-13-14-15-16-17(2)3/h10-11,14-15H,2,4-9,12-13,16H2,1,3H3. The Balaban J connectivity index is 3.19. The lowest BCUT2D eigenvalue weighted by molar-refractivity contribution is 0.637. The van der Waals surface area contributed by atoms with Crippen molar-refractivity contribution in [2.24, 2.45) is 0 Å². The molecule has 98 valence electrons. The second kappa shape index (κ2) is 13.3. The summed E-state index contributed by atoms with van der Waals surface area (Å²) in [6.07, 6.45) is 20.7. The van der Waals surface area contributed by atoms with E-state index in [4.69, 9.17) is 0 Å². The summed E-state index contributed by atoms with van der Waals surface area (Å²) in [7, 11) is 0. The minimum Gasteiger partial charge on any atom is -0.0998 e. The molecule has 0 aromatic rings. The maximum atomic E-state index is 3.88. The fraction of sp³-hybridized carbons (Fsp3) is 0.647. The zero-order valence-corrected chi connectivity index (χ0v) is 11.9. The van der Waals surface area contributed by atoms with Gasteiger partial charge in [0.25, 0.3) is 0 Å². The van der Waals surface area contributed by atoms with Gasteiger partial charge in [-0.15, -0.1) is 0 Å². The van der Waals surface area contributed by atoms with E-state index in [2.05, 4.69) is 44.7 Å². The molecule has 0 N–H and O–H groups in total. The van der Waals surface area contributed by atoms with Gasteiger partial charge in [-0.3, -0.25) is 0 Å². The van der Waals surface area contributed by atoms with Gasteiger partial charge in [0.05, 0.1) is 0 Å². The van der Waals surface area contributed by atoms with Crippen LogP contribution in [0, 0.1) is 0 Å². The lowest BCUT2D eigenvalue weighted by Gasteiger charge is -1.96. The fourth-order valence-electron chi connectivity index (χ4n) is 1.70. The lowest BCUT2D eigenvalue weighted by Crippen LogP contribution is -1.76. The van der Waals surface area contributed by atoms with Crippen molar-refractivity contribution >= 4 is 0 Å². The molecule has 0 saturated heterocycles. The summed E-state index contributed by atoms with van der Waals surface area (Å²) in [5, 5.41) is 0. The minimum absolute atomic E-state index is 1.03. The van der Waals surface area contributed by atoms with Gasteiger partial charge in [0.1, 0.15) is 0 Å². The van der Waals surface area contributed by atoms with E-state index in [1.165, 1.54) is 56.9 Å². The number of hydrogen-bond acceptors (Lipinski definition) is 0. The van der Waals surface area contributed by atoms with Crippen LogP contribution < -0.4 is 0 Å². The van der Waals surface area contributed by atoms with E-state index in [0.717, 1.165) is 6.42 Å². The molecule has 0 bridgehead atoms. The minimum atomic E-state index is 1.03. The Labute approximate surface area is 109 Å². The van der Waals surface area contributed by atoms with Crippen LogP contribution in [0.2, 0.25) is 0 Å². The van der Waals surface area contributed by atoms with Crippen molar-refractivity contribution in [3.05, 3.63) is 36.5 Å². The normalized spacial score (nSPS) is 11.6. The van der Waals surface area contributed by atoms with Gasteiger partial charge in [0.15, 0.2) is 0 Å². The van der Waals surface area contributed by atoms with E-state index in [1.807, 2.05) is 0 Å². The van der Waals surface area contributed by atoms with Gasteiger partial charge in [-0.2, -0.15) is 0 Å².